The van der Waals surface area contributed by atoms with Gasteiger partial charge < -0.3 is 15.5 Å². The number of benzene rings is 1. The van der Waals surface area contributed by atoms with Crippen LogP contribution in [0.5, 0.6) is 0 Å². The molecule has 0 bridgehead atoms. The number of thioether (sulfide) groups is 1. The first-order valence-electron chi connectivity index (χ1n) is 7.91. The van der Waals surface area contributed by atoms with Gasteiger partial charge in [-0.15, -0.1) is 11.8 Å². The molecular formula is C16H16F3N3O3S. The summed E-state index contributed by atoms with van der Waals surface area (Å²) in [5.41, 5.74) is -0.581. The lowest BCUT2D eigenvalue weighted by atomic mass is 10.1. The zero-order valence-electron chi connectivity index (χ0n) is 13.5. The standard InChI is InChI=1S/C16H16F3N3O3S/c17-16(18,19)9-1-3-10(4-2-9)20-14(24)12-7-26-8-22(12)15(25)11-5-6-13(23)21-11/h1-4,11-12H,5-8H2,(H,20,24)(H,21,23)/t11-,12-/m1/s1. The molecular weight excluding hydrogens is 371 g/mol. The largest absolute Gasteiger partial charge is 0.416 e. The van der Waals surface area contributed by atoms with E-state index < -0.39 is 29.7 Å². The number of nitrogens with zero attached hydrogens (tertiary/aromatic N) is 1. The zero-order valence-corrected chi connectivity index (χ0v) is 14.3. The van der Waals surface area contributed by atoms with Gasteiger partial charge >= 0.3 is 6.18 Å². The molecule has 2 atom stereocenters. The number of amides is 3. The molecule has 140 valence electrons. The maximum atomic E-state index is 12.6. The second kappa shape index (κ2) is 7.18. The number of carbonyl (C=O) groups is 3. The van der Waals surface area contributed by atoms with Crippen molar-refractivity contribution in [3.63, 3.8) is 0 Å². The molecule has 1 aromatic rings. The summed E-state index contributed by atoms with van der Waals surface area (Å²) >= 11 is 1.41. The summed E-state index contributed by atoms with van der Waals surface area (Å²) in [5.74, 6) is -0.253. The molecule has 0 unspecified atom stereocenters. The van der Waals surface area contributed by atoms with Gasteiger partial charge in [0, 0.05) is 17.9 Å². The van der Waals surface area contributed by atoms with E-state index >= 15 is 0 Å². The van der Waals surface area contributed by atoms with Crippen molar-refractivity contribution in [2.75, 3.05) is 16.9 Å². The van der Waals surface area contributed by atoms with E-state index in [1.165, 1.54) is 28.8 Å². The van der Waals surface area contributed by atoms with Gasteiger partial charge in [0.25, 0.3) is 0 Å². The van der Waals surface area contributed by atoms with E-state index in [4.69, 9.17) is 0 Å². The third-order valence-corrected chi connectivity index (χ3v) is 5.25. The van der Waals surface area contributed by atoms with E-state index in [0.29, 0.717) is 18.1 Å². The number of anilines is 1. The van der Waals surface area contributed by atoms with E-state index in [-0.39, 0.29) is 23.9 Å². The Morgan fingerprint density at radius 1 is 1.23 bits per heavy atom. The summed E-state index contributed by atoms with van der Waals surface area (Å²) in [4.78, 5) is 37.7. The molecule has 0 saturated carbocycles. The lowest BCUT2D eigenvalue weighted by molar-refractivity contribution is -0.138. The van der Waals surface area contributed by atoms with Gasteiger partial charge in [-0.2, -0.15) is 13.2 Å². The maximum absolute atomic E-state index is 12.6. The van der Waals surface area contributed by atoms with Crippen LogP contribution in [0.15, 0.2) is 24.3 Å². The molecule has 2 aliphatic rings. The molecule has 0 radical (unpaired) electrons. The number of hydrogen-bond donors (Lipinski definition) is 2. The van der Waals surface area contributed by atoms with Crippen molar-refractivity contribution in [3.05, 3.63) is 29.8 Å². The summed E-state index contributed by atoms with van der Waals surface area (Å²) in [6, 6.07) is 2.76. The quantitative estimate of drug-likeness (QED) is 0.830. The van der Waals surface area contributed by atoms with Crippen LogP contribution in [0.25, 0.3) is 0 Å². The molecule has 3 rings (SSSR count). The smallest absolute Gasteiger partial charge is 0.344 e. The molecule has 0 spiro atoms. The third kappa shape index (κ3) is 3.95. The Morgan fingerprint density at radius 3 is 2.50 bits per heavy atom. The average molecular weight is 387 g/mol. The second-order valence-corrected chi connectivity index (χ2v) is 7.05. The molecule has 2 fully saturated rings. The van der Waals surface area contributed by atoms with Crippen LogP contribution < -0.4 is 10.6 Å². The highest BCUT2D eigenvalue weighted by Crippen LogP contribution is 2.30. The predicted molar refractivity (Wildman–Crippen MR) is 89.2 cm³/mol. The van der Waals surface area contributed by atoms with E-state index in [9.17, 15) is 27.6 Å². The fourth-order valence-corrected chi connectivity index (χ4v) is 4.01. The summed E-state index contributed by atoms with van der Waals surface area (Å²) in [6.07, 6.45) is -3.77. The van der Waals surface area contributed by atoms with Crippen molar-refractivity contribution in [2.45, 2.75) is 31.1 Å². The fourth-order valence-electron chi connectivity index (χ4n) is 2.84. The maximum Gasteiger partial charge on any atom is 0.416 e. The Kier molecular flexibility index (Phi) is 5.12. The van der Waals surface area contributed by atoms with Crippen LogP contribution in [0.4, 0.5) is 18.9 Å². The molecule has 3 amide bonds. The lowest BCUT2D eigenvalue weighted by Gasteiger charge is -2.25. The first-order chi connectivity index (χ1) is 12.3. The number of rotatable bonds is 3. The molecule has 10 heteroatoms. The summed E-state index contributed by atoms with van der Waals surface area (Å²) in [7, 11) is 0. The Morgan fingerprint density at radius 2 is 1.92 bits per heavy atom. The van der Waals surface area contributed by atoms with Crippen molar-refractivity contribution >= 4 is 35.2 Å². The van der Waals surface area contributed by atoms with Crippen molar-refractivity contribution in [1.29, 1.82) is 0 Å². The normalized spacial score (nSPS) is 23.0. The first-order valence-corrected chi connectivity index (χ1v) is 9.07. The highest BCUT2D eigenvalue weighted by atomic mass is 32.2. The van der Waals surface area contributed by atoms with Crippen molar-refractivity contribution in [2.24, 2.45) is 0 Å². The number of hydrogen-bond acceptors (Lipinski definition) is 4. The summed E-state index contributed by atoms with van der Waals surface area (Å²) in [5, 5.41) is 5.13. The van der Waals surface area contributed by atoms with Crippen LogP contribution in [0.3, 0.4) is 0 Å². The molecule has 2 heterocycles. The Bertz CT molecular complexity index is 724. The zero-order chi connectivity index (χ0) is 18.9. The Balaban J connectivity index is 1.65. The SMILES string of the molecule is O=C1CC[C@H](C(=O)N2CSC[C@@H]2C(=O)Nc2ccc(C(F)(F)F)cc2)N1. The molecule has 2 aliphatic heterocycles. The van der Waals surface area contributed by atoms with Gasteiger partial charge in [0.1, 0.15) is 12.1 Å². The van der Waals surface area contributed by atoms with Crippen LogP contribution in [0.1, 0.15) is 18.4 Å². The van der Waals surface area contributed by atoms with Gasteiger partial charge in [-0.05, 0) is 30.7 Å². The van der Waals surface area contributed by atoms with Crippen molar-refractivity contribution in [3.8, 4) is 0 Å². The van der Waals surface area contributed by atoms with E-state index in [0.717, 1.165) is 12.1 Å². The van der Waals surface area contributed by atoms with Crippen molar-refractivity contribution in [1.82, 2.24) is 10.2 Å². The third-order valence-electron chi connectivity index (χ3n) is 4.24. The monoisotopic (exact) mass is 387 g/mol. The van der Waals surface area contributed by atoms with E-state index in [1.807, 2.05) is 0 Å². The Labute approximate surface area is 151 Å². The van der Waals surface area contributed by atoms with E-state index in [1.54, 1.807) is 0 Å². The molecule has 2 saturated heterocycles. The molecule has 26 heavy (non-hydrogen) atoms. The topological polar surface area (TPSA) is 78.5 Å². The minimum atomic E-state index is -4.44. The first kappa shape index (κ1) is 18.6. The van der Waals surface area contributed by atoms with Gasteiger partial charge in [-0.3, -0.25) is 14.4 Å². The van der Waals surface area contributed by atoms with Crippen LogP contribution in [0, 0.1) is 0 Å². The van der Waals surface area contributed by atoms with Gasteiger partial charge in [-0.25, -0.2) is 0 Å². The van der Waals surface area contributed by atoms with Gasteiger partial charge in [0.2, 0.25) is 17.7 Å². The Hall–Kier alpha value is -2.23. The molecule has 2 N–H and O–H groups in total. The van der Waals surface area contributed by atoms with Gasteiger partial charge in [0.15, 0.2) is 0 Å². The number of nitrogens with one attached hydrogen (secondary N) is 2. The number of halogens is 3. The van der Waals surface area contributed by atoms with Crippen molar-refractivity contribution < 1.29 is 27.6 Å². The molecule has 0 aliphatic carbocycles. The minimum absolute atomic E-state index is 0.194. The van der Waals surface area contributed by atoms with Gasteiger partial charge in [-0.1, -0.05) is 0 Å². The van der Waals surface area contributed by atoms with Gasteiger partial charge in [0.05, 0.1) is 11.4 Å². The van der Waals surface area contributed by atoms with Crippen LogP contribution >= 0.6 is 11.8 Å². The predicted octanol–water partition coefficient (Wildman–Crippen LogP) is 1.82. The number of alkyl halides is 3. The van der Waals surface area contributed by atoms with Crippen LogP contribution in [-0.2, 0) is 20.6 Å². The fraction of sp³-hybridized carbons (Fsp3) is 0.438. The summed E-state index contributed by atoms with van der Waals surface area (Å²) < 4.78 is 37.7. The lowest BCUT2D eigenvalue weighted by Crippen LogP contribution is -2.50. The highest BCUT2D eigenvalue weighted by Gasteiger charge is 2.39. The minimum Gasteiger partial charge on any atom is -0.344 e. The molecule has 6 nitrogen and oxygen atoms in total. The number of carbonyl (C=O) groups excluding carboxylic acids is 3. The molecule has 1 aromatic carbocycles. The van der Waals surface area contributed by atoms with Crippen LogP contribution in [-0.4, -0.2) is 46.3 Å². The molecule has 0 aromatic heterocycles. The average Bonchev–Trinajstić information content (AvgIpc) is 3.23. The second-order valence-electron chi connectivity index (χ2n) is 6.05. The van der Waals surface area contributed by atoms with E-state index in [2.05, 4.69) is 10.6 Å². The summed E-state index contributed by atoms with van der Waals surface area (Å²) in [6.45, 7) is 0. The van der Waals surface area contributed by atoms with Crippen LogP contribution in [0.2, 0.25) is 0 Å². The highest BCUT2D eigenvalue weighted by molar-refractivity contribution is 7.99.